The first-order valence-corrected chi connectivity index (χ1v) is 8.73. The van der Waals surface area contributed by atoms with Crippen LogP contribution in [0, 0.1) is 5.41 Å². The first-order valence-electron chi connectivity index (χ1n) is 8.73. The van der Waals surface area contributed by atoms with Crippen molar-refractivity contribution in [1.82, 2.24) is 10.3 Å². The second kappa shape index (κ2) is 7.30. The number of amides is 1. The van der Waals surface area contributed by atoms with Crippen LogP contribution in [0.3, 0.4) is 0 Å². The lowest BCUT2D eigenvalue weighted by Gasteiger charge is -2.22. The van der Waals surface area contributed by atoms with Crippen molar-refractivity contribution in [3.63, 3.8) is 0 Å². The molecular weight excluding hydrogens is 292 g/mol. The summed E-state index contributed by atoms with van der Waals surface area (Å²) >= 11 is 0. The van der Waals surface area contributed by atoms with Crippen LogP contribution in [0.4, 0.5) is 0 Å². The molecule has 2 saturated carbocycles. The average Bonchev–Trinajstić information content (AvgIpc) is 3.34. The number of rotatable bonds is 7. The van der Waals surface area contributed by atoms with Gasteiger partial charge in [-0.05, 0) is 56.4 Å². The molecule has 1 amide bonds. The maximum absolute atomic E-state index is 12.3. The van der Waals surface area contributed by atoms with E-state index in [0.29, 0.717) is 18.0 Å². The molecule has 2 fully saturated rings. The molecule has 126 valence electrons. The topological polar surface area (TPSA) is 71.5 Å². The van der Waals surface area contributed by atoms with Crippen LogP contribution in [0.25, 0.3) is 0 Å². The minimum atomic E-state index is -0.0925. The van der Waals surface area contributed by atoms with Gasteiger partial charge in [-0.1, -0.05) is 6.42 Å². The molecule has 0 unspecified atom stereocenters. The summed E-state index contributed by atoms with van der Waals surface area (Å²) in [7, 11) is 0. The van der Waals surface area contributed by atoms with Gasteiger partial charge in [-0.25, -0.2) is 4.98 Å². The molecule has 5 heteroatoms. The van der Waals surface area contributed by atoms with Crippen LogP contribution >= 0.6 is 0 Å². The predicted octanol–water partition coefficient (Wildman–Crippen LogP) is 2.69. The van der Waals surface area contributed by atoms with Crippen LogP contribution in [0.1, 0.15) is 61.7 Å². The van der Waals surface area contributed by atoms with E-state index >= 15 is 0 Å². The molecule has 2 aliphatic carbocycles. The smallest absolute Gasteiger partial charge is 0.251 e. The molecule has 1 aromatic rings. The molecule has 2 N–H and O–H groups in total. The maximum atomic E-state index is 12.3. The SMILES string of the molecule is O=C(NCC1(CCO)CC1)c1ccnc(OC2CCCCC2)c1. The lowest BCUT2D eigenvalue weighted by atomic mass is 9.98. The third-order valence-corrected chi connectivity index (χ3v) is 5.06. The lowest BCUT2D eigenvalue weighted by Crippen LogP contribution is -2.30. The Kier molecular flexibility index (Phi) is 5.16. The van der Waals surface area contributed by atoms with Crippen LogP contribution in [-0.2, 0) is 0 Å². The molecule has 5 nitrogen and oxygen atoms in total. The van der Waals surface area contributed by atoms with Gasteiger partial charge in [0.05, 0.1) is 0 Å². The predicted molar refractivity (Wildman–Crippen MR) is 87.4 cm³/mol. The summed E-state index contributed by atoms with van der Waals surface area (Å²) in [6, 6.07) is 3.45. The van der Waals surface area contributed by atoms with Crippen LogP contribution < -0.4 is 10.1 Å². The van der Waals surface area contributed by atoms with E-state index in [4.69, 9.17) is 9.84 Å². The van der Waals surface area contributed by atoms with Crippen LogP contribution in [0.15, 0.2) is 18.3 Å². The first-order chi connectivity index (χ1) is 11.2. The molecule has 1 aromatic heterocycles. The van der Waals surface area contributed by atoms with Gasteiger partial charge in [-0.2, -0.15) is 0 Å². The minimum absolute atomic E-state index is 0.0925. The van der Waals surface area contributed by atoms with Crippen molar-refractivity contribution in [2.24, 2.45) is 5.41 Å². The highest BCUT2D eigenvalue weighted by atomic mass is 16.5. The number of nitrogens with zero attached hydrogens (tertiary/aromatic N) is 1. The highest BCUT2D eigenvalue weighted by molar-refractivity contribution is 5.94. The summed E-state index contributed by atoms with van der Waals surface area (Å²) in [5, 5.41) is 12.1. The maximum Gasteiger partial charge on any atom is 0.251 e. The van der Waals surface area contributed by atoms with Crippen LogP contribution in [0.5, 0.6) is 5.88 Å². The molecule has 0 aromatic carbocycles. The monoisotopic (exact) mass is 318 g/mol. The van der Waals surface area contributed by atoms with Gasteiger partial charge in [0, 0.05) is 31.0 Å². The number of hydrogen-bond donors (Lipinski definition) is 2. The summed E-state index contributed by atoms with van der Waals surface area (Å²) < 4.78 is 5.92. The van der Waals surface area contributed by atoms with Gasteiger partial charge >= 0.3 is 0 Å². The average molecular weight is 318 g/mol. The zero-order valence-electron chi connectivity index (χ0n) is 13.6. The van der Waals surface area contributed by atoms with Gasteiger partial charge < -0.3 is 15.2 Å². The molecule has 23 heavy (non-hydrogen) atoms. The van der Waals surface area contributed by atoms with E-state index in [1.165, 1.54) is 19.3 Å². The largest absolute Gasteiger partial charge is 0.474 e. The molecule has 3 rings (SSSR count). The highest BCUT2D eigenvalue weighted by Gasteiger charge is 2.41. The Morgan fingerprint density at radius 2 is 2.13 bits per heavy atom. The van der Waals surface area contributed by atoms with Crippen molar-refractivity contribution >= 4 is 5.91 Å². The van der Waals surface area contributed by atoms with Gasteiger partial charge in [0.25, 0.3) is 5.91 Å². The minimum Gasteiger partial charge on any atom is -0.474 e. The van der Waals surface area contributed by atoms with Crippen molar-refractivity contribution in [3.05, 3.63) is 23.9 Å². The number of nitrogens with one attached hydrogen (secondary N) is 1. The van der Waals surface area contributed by atoms with Crippen molar-refractivity contribution < 1.29 is 14.6 Å². The number of aliphatic hydroxyl groups is 1. The Bertz CT molecular complexity index is 537. The van der Waals surface area contributed by atoms with E-state index in [0.717, 1.165) is 32.1 Å². The molecule has 0 bridgehead atoms. The summed E-state index contributed by atoms with van der Waals surface area (Å²) in [4.78, 5) is 16.5. The Hall–Kier alpha value is -1.62. The molecule has 0 aliphatic heterocycles. The fourth-order valence-corrected chi connectivity index (χ4v) is 3.27. The van der Waals surface area contributed by atoms with E-state index in [2.05, 4.69) is 10.3 Å². The summed E-state index contributed by atoms with van der Waals surface area (Å²) in [5.74, 6) is 0.450. The fraction of sp³-hybridized carbons (Fsp3) is 0.667. The van der Waals surface area contributed by atoms with Gasteiger partial charge in [-0.3, -0.25) is 4.79 Å². The summed E-state index contributed by atoms with van der Waals surface area (Å²) in [5.41, 5.74) is 0.712. The molecule has 0 saturated heterocycles. The number of carbonyl (C=O) groups is 1. The van der Waals surface area contributed by atoms with Gasteiger partial charge in [0.2, 0.25) is 5.88 Å². The van der Waals surface area contributed by atoms with Gasteiger partial charge in [0.15, 0.2) is 0 Å². The third kappa shape index (κ3) is 4.44. The van der Waals surface area contributed by atoms with Crippen LogP contribution in [-0.4, -0.2) is 35.3 Å². The fourth-order valence-electron chi connectivity index (χ4n) is 3.27. The van der Waals surface area contributed by atoms with Gasteiger partial charge in [0.1, 0.15) is 6.10 Å². The highest BCUT2D eigenvalue weighted by Crippen LogP contribution is 2.47. The number of carbonyl (C=O) groups excluding carboxylic acids is 1. The Balaban J connectivity index is 1.54. The van der Waals surface area contributed by atoms with Crippen molar-refractivity contribution in [1.29, 1.82) is 0 Å². The lowest BCUT2D eigenvalue weighted by molar-refractivity contribution is 0.0939. The van der Waals surface area contributed by atoms with Crippen molar-refractivity contribution in [2.75, 3.05) is 13.2 Å². The normalized spacial score (nSPS) is 20.0. The second-order valence-corrected chi connectivity index (χ2v) is 6.92. The number of aliphatic hydroxyl groups excluding tert-OH is 1. The van der Waals surface area contributed by atoms with E-state index in [1.54, 1.807) is 18.3 Å². The molecule has 2 aliphatic rings. The van der Waals surface area contributed by atoms with E-state index < -0.39 is 0 Å². The Morgan fingerprint density at radius 1 is 1.35 bits per heavy atom. The van der Waals surface area contributed by atoms with E-state index in [9.17, 15) is 4.79 Å². The first kappa shape index (κ1) is 16.2. The van der Waals surface area contributed by atoms with E-state index in [1.807, 2.05) is 0 Å². The molecular formula is C18H26N2O3. The number of hydrogen-bond acceptors (Lipinski definition) is 4. The molecule has 0 radical (unpaired) electrons. The van der Waals surface area contributed by atoms with Crippen molar-refractivity contribution in [3.8, 4) is 5.88 Å². The number of pyridine rings is 1. The Labute approximate surface area is 137 Å². The van der Waals surface area contributed by atoms with Gasteiger partial charge in [-0.15, -0.1) is 0 Å². The third-order valence-electron chi connectivity index (χ3n) is 5.06. The zero-order chi connectivity index (χ0) is 16.1. The quantitative estimate of drug-likeness (QED) is 0.811. The summed E-state index contributed by atoms with van der Waals surface area (Å²) in [6.45, 7) is 0.817. The number of ether oxygens (including phenoxy) is 1. The molecule has 0 spiro atoms. The number of aromatic nitrogens is 1. The summed E-state index contributed by atoms with van der Waals surface area (Å²) in [6.07, 6.45) is 10.6. The zero-order valence-corrected chi connectivity index (χ0v) is 13.6. The molecule has 1 heterocycles. The van der Waals surface area contributed by atoms with E-state index in [-0.39, 0.29) is 24.0 Å². The standard InChI is InChI=1S/C18H26N2O3/c21-11-9-18(7-8-18)13-20-17(22)14-6-10-19-16(12-14)23-15-4-2-1-3-5-15/h6,10,12,15,21H,1-5,7-9,11,13H2,(H,20,22). The molecule has 0 atom stereocenters. The van der Waals surface area contributed by atoms with Crippen LogP contribution in [0.2, 0.25) is 0 Å². The van der Waals surface area contributed by atoms with Crippen molar-refractivity contribution in [2.45, 2.75) is 57.5 Å². The second-order valence-electron chi connectivity index (χ2n) is 6.92. The Morgan fingerprint density at radius 3 is 2.83 bits per heavy atom.